The van der Waals surface area contributed by atoms with Gasteiger partial charge in [0.2, 0.25) is 5.95 Å². The molecule has 1 saturated carbocycles. The third-order valence-electron chi connectivity index (χ3n) is 5.37. The number of hydrogen-bond donors (Lipinski definition) is 1. The molecule has 1 aromatic heterocycles. The molecule has 2 aliphatic heterocycles. The number of rotatable bonds is 4. The number of benzene rings is 1. The molecule has 25 heavy (non-hydrogen) atoms. The number of ether oxygens (including phenoxy) is 2. The Bertz CT molecular complexity index is 760. The fourth-order valence-electron chi connectivity index (χ4n) is 3.82. The van der Waals surface area contributed by atoms with Crippen molar-refractivity contribution in [2.24, 2.45) is 5.92 Å². The lowest BCUT2D eigenvalue weighted by Gasteiger charge is -2.21. The molecule has 0 atom stereocenters. The average Bonchev–Trinajstić information content (AvgIpc) is 3.43. The van der Waals surface area contributed by atoms with Crippen molar-refractivity contribution in [3.63, 3.8) is 0 Å². The van der Waals surface area contributed by atoms with E-state index in [0.29, 0.717) is 0 Å². The Kier molecular flexibility index (Phi) is 3.93. The third-order valence-corrected chi connectivity index (χ3v) is 5.37. The second-order valence-electron chi connectivity index (χ2n) is 7.38. The molecule has 0 spiro atoms. The molecule has 0 amide bonds. The fourth-order valence-corrected chi connectivity index (χ4v) is 3.82. The smallest absolute Gasteiger partial charge is 0.206 e. The van der Waals surface area contributed by atoms with Gasteiger partial charge >= 0.3 is 0 Å². The standard InChI is InChI=1S/C19H26N4O2/c1-5-22(7-10-24-8-1)19-21-16-11-15(20-13-14-3-4-14)12-17-18(16)23(19)6-2-9-25-17/h11-12,14,20H,1-10,13H2. The summed E-state index contributed by atoms with van der Waals surface area (Å²) in [4.78, 5) is 7.38. The minimum absolute atomic E-state index is 0.769. The normalized spacial score (nSPS) is 20.9. The molecule has 0 bridgehead atoms. The molecule has 6 nitrogen and oxygen atoms in total. The molecular weight excluding hydrogens is 316 g/mol. The number of aryl methyl sites for hydroxylation is 1. The van der Waals surface area contributed by atoms with Crippen molar-refractivity contribution in [2.75, 3.05) is 49.7 Å². The molecule has 3 aliphatic rings. The van der Waals surface area contributed by atoms with Crippen molar-refractivity contribution in [1.82, 2.24) is 9.55 Å². The van der Waals surface area contributed by atoms with Crippen LogP contribution in [0.4, 0.5) is 11.6 Å². The zero-order chi connectivity index (χ0) is 16.6. The van der Waals surface area contributed by atoms with Gasteiger partial charge in [0.25, 0.3) is 0 Å². The van der Waals surface area contributed by atoms with Crippen LogP contribution in [0.3, 0.4) is 0 Å². The quantitative estimate of drug-likeness (QED) is 0.926. The average molecular weight is 342 g/mol. The highest BCUT2D eigenvalue weighted by Crippen LogP contribution is 2.36. The van der Waals surface area contributed by atoms with Crippen LogP contribution >= 0.6 is 0 Å². The second kappa shape index (κ2) is 6.41. The van der Waals surface area contributed by atoms with Gasteiger partial charge in [-0.05, 0) is 37.7 Å². The van der Waals surface area contributed by atoms with Crippen LogP contribution in [-0.2, 0) is 11.3 Å². The Morgan fingerprint density at radius 1 is 1.08 bits per heavy atom. The zero-order valence-corrected chi connectivity index (χ0v) is 14.7. The van der Waals surface area contributed by atoms with Crippen LogP contribution in [0.5, 0.6) is 5.75 Å². The predicted octanol–water partition coefficient (Wildman–Crippen LogP) is 2.87. The summed E-state index contributed by atoms with van der Waals surface area (Å²) in [5.41, 5.74) is 3.32. The van der Waals surface area contributed by atoms with Gasteiger partial charge in [-0.2, -0.15) is 0 Å². The van der Waals surface area contributed by atoms with Crippen molar-refractivity contribution in [3.05, 3.63) is 12.1 Å². The van der Waals surface area contributed by atoms with Crippen molar-refractivity contribution in [2.45, 2.75) is 32.2 Å². The van der Waals surface area contributed by atoms with E-state index in [1.165, 1.54) is 12.8 Å². The number of aromatic nitrogens is 2. The highest BCUT2D eigenvalue weighted by molar-refractivity contribution is 5.88. The molecule has 2 aromatic rings. The zero-order valence-electron chi connectivity index (χ0n) is 14.7. The van der Waals surface area contributed by atoms with E-state index in [-0.39, 0.29) is 0 Å². The summed E-state index contributed by atoms with van der Waals surface area (Å²) >= 11 is 0. The number of nitrogens with one attached hydrogen (secondary N) is 1. The predicted molar refractivity (Wildman–Crippen MR) is 98.7 cm³/mol. The van der Waals surface area contributed by atoms with Crippen LogP contribution in [0.2, 0.25) is 0 Å². The van der Waals surface area contributed by atoms with E-state index >= 15 is 0 Å². The van der Waals surface area contributed by atoms with Crippen LogP contribution in [0.1, 0.15) is 25.7 Å². The molecule has 3 heterocycles. The first-order chi connectivity index (χ1) is 12.4. The van der Waals surface area contributed by atoms with Crippen LogP contribution in [0, 0.1) is 5.92 Å². The summed E-state index contributed by atoms with van der Waals surface area (Å²) in [6.45, 7) is 6.33. The monoisotopic (exact) mass is 342 g/mol. The number of imidazole rings is 1. The van der Waals surface area contributed by atoms with E-state index in [0.717, 1.165) is 93.2 Å². The highest BCUT2D eigenvalue weighted by atomic mass is 16.5. The molecule has 1 aromatic carbocycles. The lowest BCUT2D eigenvalue weighted by Crippen LogP contribution is -2.29. The van der Waals surface area contributed by atoms with Crippen molar-refractivity contribution in [1.29, 1.82) is 0 Å². The molecule has 134 valence electrons. The van der Waals surface area contributed by atoms with Crippen LogP contribution < -0.4 is 15.0 Å². The van der Waals surface area contributed by atoms with Gasteiger partial charge in [-0.1, -0.05) is 0 Å². The van der Waals surface area contributed by atoms with Gasteiger partial charge in [-0.15, -0.1) is 0 Å². The van der Waals surface area contributed by atoms with Crippen LogP contribution in [-0.4, -0.2) is 49.0 Å². The van der Waals surface area contributed by atoms with E-state index in [9.17, 15) is 0 Å². The first-order valence-corrected chi connectivity index (χ1v) is 9.62. The molecule has 1 aliphatic carbocycles. The second-order valence-corrected chi connectivity index (χ2v) is 7.38. The summed E-state index contributed by atoms with van der Waals surface area (Å²) in [5.74, 6) is 2.89. The maximum atomic E-state index is 6.06. The first-order valence-electron chi connectivity index (χ1n) is 9.62. The summed E-state index contributed by atoms with van der Waals surface area (Å²) in [6.07, 6.45) is 4.78. The molecule has 1 saturated heterocycles. The lowest BCUT2D eigenvalue weighted by molar-refractivity contribution is 0.152. The van der Waals surface area contributed by atoms with Gasteiger partial charge in [0.05, 0.1) is 18.7 Å². The van der Waals surface area contributed by atoms with Gasteiger partial charge in [-0.3, -0.25) is 0 Å². The van der Waals surface area contributed by atoms with Gasteiger partial charge in [-0.25, -0.2) is 4.98 Å². The maximum absolute atomic E-state index is 6.06. The molecule has 1 N–H and O–H groups in total. The number of nitrogens with zero attached hydrogens (tertiary/aromatic N) is 3. The SMILES string of the molecule is c1c(NCC2CC2)cc2nc(N3CCCOCC3)n3c2c1OCCC3. The summed E-state index contributed by atoms with van der Waals surface area (Å²) < 4.78 is 14.0. The van der Waals surface area contributed by atoms with Gasteiger partial charge < -0.3 is 24.3 Å². The molecule has 0 radical (unpaired) electrons. The summed E-state index contributed by atoms with van der Waals surface area (Å²) in [7, 11) is 0. The van der Waals surface area contributed by atoms with Crippen molar-refractivity contribution >= 4 is 22.7 Å². The highest BCUT2D eigenvalue weighted by Gasteiger charge is 2.24. The fraction of sp³-hybridized carbons (Fsp3) is 0.632. The maximum Gasteiger partial charge on any atom is 0.206 e. The Morgan fingerprint density at radius 3 is 2.92 bits per heavy atom. The molecule has 0 unspecified atom stereocenters. The minimum Gasteiger partial charge on any atom is -0.491 e. The molecular formula is C19H26N4O2. The Hall–Kier alpha value is -1.95. The Morgan fingerprint density at radius 2 is 2.00 bits per heavy atom. The van der Waals surface area contributed by atoms with Crippen LogP contribution in [0.15, 0.2) is 12.1 Å². The van der Waals surface area contributed by atoms with Gasteiger partial charge in [0.15, 0.2) is 0 Å². The van der Waals surface area contributed by atoms with E-state index in [4.69, 9.17) is 14.5 Å². The van der Waals surface area contributed by atoms with Gasteiger partial charge in [0.1, 0.15) is 11.3 Å². The summed E-state index contributed by atoms with van der Waals surface area (Å²) in [5, 5.41) is 3.57. The summed E-state index contributed by atoms with van der Waals surface area (Å²) in [6, 6.07) is 4.34. The van der Waals surface area contributed by atoms with E-state index < -0.39 is 0 Å². The lowest BCUT2D eigenvalue weighted by atomic mass is 10.2. The Labute approximate surface area is 148 Å². The van der Waals surface area contributed by atoms with Crippen molar-refractivity contribution in [3.8, 4) is 5.75 Å². The van der Waals surface area contributed by atoms with E-state index in [1.54, 1.807) is 0 Å². The van der Waals surface area contributed by atoms with E-state index in [1.807, 2.05) is 0 Å². The topological polar surface area (TPSA) is 51.5 Å². The minimum atomic E-state index is 0.769. The molecule has 6 heteroatoms. The largest absolute Gasteiger partial charge is 0.491 e. The number of anilines is 2. The van der Waals surface area contributed by atoms with Crippen LogP contribution in [0.25, 0.3) is 11.0 Å². The van der Waals surface area contributed by atoms with Gasteiger partial charge in [0, 0.05) is 44.5 Å². The molecule has 5 rings (SSSR count). The van der Waals surface area contributed by atoms with Crippen molar-refractivity contribution < 1.29 is 9.47 Å². The first kappa shape index (κ1) is 15.3. The number of hydrogen-bond acceptors (Lipinski definition) is 5. The van der Waals surface area contributed by atoms with E-state index in [2.05, 4.69) is 26.9 Å². The molecule has 2 fully saturated rings. The third kappa shape index (κ3) is 3.03. The Balaban J connectivity index is 1.54.